The molecular formula is C19H23N5O3S. The van der Waals surface area contributed by atoms with Crippen LogP contribution in [0.5, 0.6) is 0 Å². The van der Waals surface area contributed by atoms with Gasteiger partial charge in [0.15, 0.2) is 15.5 Å². The van der Waals surface area contributed by atoms with Gasteiger partial charge in [-0.25, -0.2) is 18.4 Å². The van der Waals surface area contributed by atoms with Crippen molar-refractivity contribution in [3.05, 3.63) is 36.2 Å². The van der Waals surface area contributed by atoms with Gasteiger partial charge in [-0.2, -0.15) is 0 Å². The number of benzene rings is 1. The first-order valence-electron chi connectivity index (χ1n) is 9.17. The van der Waals surface area contributed by atoms with E-state index in [4.69, 9.17) is 10.5 Å². The van der Waals surface area contributed by atoms with Gasteiger partial charge in [0.2, 0.25) is 0 Å². The van der Waals surface area contributed by atoms with E-state index < -0.39 is 9.84 Å². The van der Waals surface area contributed by atoms with Crippen molar-refractivity contribution in [2.24, 2.45) is 0 Å². The lowest BCUT2D eigenvalue weighted by atomic mass is 10.2. The fraction of sp³-hybridized carbons (Fsp3) is 0.368. The third-order valence-electron chi connectivity index (χ3n) is 4.84. The summed E-state index contributed by atoms with van der Waals surface area (Å²) >= 11 is 0. The average molecular weight is 401 g/mol. The van der Waals surface area contributed by atoms with Crippen LogP contribution < -0.4 is 11.1 Å². The number of hydrogen-bond donors (Lipinski definition) is 2. The van der Waals surface area contributed by atoms with E-state index in [1.54, 1.807) is 30.3 Å². The van der Waals surface area contributed by atoms with Crippen molar-refractivity contribution < 1.29 is 13.2 Å². The summed E-state index contributed by atoms with van der Waals surface area (Å²) in [6, 6.07) is 8.42. The van der Waals surface area contributed by atoms with Crippen molar-refractivity contribution in [1.29, 1.82) is 0 Å². The SMILES string of the molecule is Cc1nc2c(Nc3ccccc3S(C)(=O)=O)cc(N)nc2n1C1CCCCO1. The van der Waals surface area contributed by atoms with Crippen molar-refractivity contribution in [1.82, 2.24) is 14.5 Å². The van der Waals surface area contributed by atoms with Crippen molar-refractivity contribution in [3.8, 4) is 0 Å². The molecule has 0 aliphatic carbocycles. The van der Waals surface area contributed by atoms with Gasteiger partial charge in [0.1, 0.15) is 23.4 Å². The number of hydrogen-bond acceptors (Lipinski definition) is 7. The molecule has 3 aromatic rings. The molecule has 0 radical (unpaired) electrons. The molecule has 0 spiro atoms. The predicted octanol–water partition coefficient (Wildman–Crippen LogP) is 3.17. The second kappa shape index (κ2) is 7.06. The normalized spacial score (nSPS) is 17.7. The highest BCUT2D eigenvalue weighted by atomic mass is 32.2. The molecule has 3 heterocycles. The number of pyridine rings is 1. The van der Waals surface area contributed by atoms with E-state index in [1.807, 2.05) is 11.5 Å². The minimum Gasteiger partial charge on any atom is -0.384 e. The van der Waals surface area contributed by atoms with Gasteiger partial charge in [-0.1, -0.05) is 12.1 Å². The highest BCUT2D eigenvalue weighted by Crippen LogP contribution is 2.33. The number of sulfone groups is 1. The Bertz CT molecular complexity index is 1130. The van der Waals surface area contributed by atoms with Gasteiger partial charge < -0.3 is 15.8 Å². The molecule has 9 heteroatoms. The molecule has 148 valence electrons. The number of nitrogen functional groups attached to an aromatic ring is 1. The summed E-state index contributed by atoms with van der Waals surface area (Å²) < 4.78 is 32.1. The van der Waals surface area contributed by atoms with Crippen LogP contribution in [-0.2, 0) is 14.6 Å². The number of para-hydroxylation sites is 1. The molecule has 1 atom stereocenters. The molecular weight excluding hydrogens is 378 g/mol. The number of nitrogens with one attached hydrogen (secondary N) is 1. The molecule has 28 heavy (non-hydrogen) atoms. The summed E-state index contributed by atoms with van der Waals surface area (Å²) in [5.74, 6) is 1.10. The largest absolute Gasteiger partial charge is 0.384 e. The highest BCUT2D eigenvalue weighted by molar-refractivity contribution is 7.90. The summed E-state index contributed by atoms with van der Waals surface area (Å²) in [6.07, 6.45) is 4.08. The maximum Gasteiger partial charge on any atom is 0.177 e. The van der Waals surface area contributed by atoms with Crippen molar-refractivity contribution in [2.45, 2.75) is 37.3 Å². The standard InChI is InChI=1S/C19H23N5O3S/c1-12-21-18-14(22-13-7-3-4-8-15(13)28(2,25)26)11-16(20)23-19(18)24(12)17-9-5-6-10-27-17/h3-4,7-8,11,17H,5-6,9-10H2,1-2H3,(H3,20,22,23). The number of anilines is 3. The van der Waals surface area contributed by atoms with Crippen LogP contribution in [0.4, 0.5) is 17.2 Å². The summed E-state index contributed by atoms with van der Waals surface area (Å²) in [6.45, 7) is 2.61. The molecule has 0 saturated carbocycles. The number of imidazole rings is 1. The Hall–Kier alpha value is -2.65. The molecule has 0 bridgehead atoms. The molecule has 1 aromatic carbocycles. The van der Waals surface area contributed by atoms with Gasteiger partial charge in [0.05, 0.1) is 16.3 Å². The van der Waals surface area contributed by atoms with Gasteiger partial charge in [-0.05, 0) is 38.3 Å². The number of rotatable bonds is 4. The van der Waals surface area contributed by atoms with Crippen LogP contribution in [0.1, 0.15) is 31.3 Å². The predicted molar refractivity (Wildman–Crippen MR) is 108 cm³/mol. The van der Waals surface area contributed by atoms with Crippen molar-refractivity contribution >= 4 is 38.2 Å². The first kappa shape index (κ1) is 18.7. The summed E-state index contributed by atoms with van der Waals surface area (Å²) in [7, 11) is -3.39. The smallest absolute Gasteiger partial charge is 0.177 e. The molecule has 3 N–H and O–H groups in total. The Morgan fingerprint density at radius 1 is 1.21 bits per heavy atom. The fourth-order valence-corrected chi connectivity index (χ4v) is 4.44. The maximum atomic E-state index is 12.1. The molecule has 4 rings (SSSR count). The number of nitrogens with two attached hydrogens (primary N) is 1. The number of fused-ring (bicyclic) bond motifs is 1. The second-order valence-electron chi connectivity index (χ2n) is 7.01. The van der Waals surface area contributed by atoms with Gasteiger partial charge in [-0.15, -0.1) is 0 Å². The van der Waals surface area contributed by atoms with E-state index in [0.29, 0.717) is 35.0 Å². The topological polar surface area (TPSA) is 112 Å². The fourth-order valence-electron chi connectivity index (χ4n) is 3.60. The molecule has 1 aliphatic heterocycles. The Morgan fingerprint density at radius 2 is 2.00 bits per heavy atom. The maximum absolute atomic E-state index is 12.1. The van der Waals surface area contributed by atoms with Gasteiger partial charge in [0, 0.05) is 18.9 Å². The minimum absolute atomic E-state index is 0.121. The zero-order valence-electron chi connectivity index (χ0n) is 15.8. The van der Waals surface area contributed by atoms with Crippen LogP contribution in [0, 0.1) is 6.92 Å². The lowest BCUT2D eigenvalue weighted by Gasteiger charge is -2.25. The van der Waals surface area contributed by atoms with Crippen LogP contribution in [0.25, 0.3) is 11.2 Å². The number of aromatic nitrogens is 3. The van der Waals surface area contributed by atoms with E-state index in [9.17, 15) is 8.42 Å². The second-order valence-corrected chi connectivity index (χ2v) is 8.99. The molecule has 1 fully saturated rings. The lowest BCUT2D eigenvalue weighted by Crippen LogP contribution is -2.19. The van der Waals surface area contributed by atoms with Crippen LogP contribution in [0.2, 0.25) is 0 Å². The van der Waals surface area contributed by atoms with E-state index in [-0.39, 0.29) is 11.1 Å². The van der Waals surface area contributed by atoms with Crippen LogP contribution >= 0.6 is 0 Å². The minimum atomic E-state index is -3.39. The van der Waals surface area contributed by atoms with E-state index in [1.165, 1.54) is 6.26 Å². The number of nitrogens with zero attached hydrogens (tertiary/aromatic N) is 3. The van der Waals surface area contributed by atoms with Crippen molar-refractivity contribution in [2.75, 3.05) is 23.9 Å². The van der Waals surface area contributed by atoms with Gasteiger partial charge in [-0.3, -0.25) is 4.57 Å². The third-order valence-corrected chi connectivity index (χ3v) is 6.00. The van der Waals surface area contributed by atoms with Gasteiger partial charge in [0.25, 0.3) is 0 Å². The average Bonchev–Trinajstić information content (AvgIpc) is 2.98. The van der Waals surface area contributed by atoms with Crippen LogP contribution in [0.3, 0.4) is 0 Å². The highest BCUT2D eigenvalue weighted by Gasteiger charge is 2.23. The quantitative estimate of drug-likeness (QED) is 0.690. The molecule has 0 amide bonds. The summed E-state index contributed by atoms with van der Waals surface area (Å²) in [4.78, 5) is 9.37. The Balaban J connectivity index is 1.83. The van der Waals surface area contributed by atoms with Crippen molar-refractivity contribution in [3.63, 3.8) is 0 Å². The Kier molecular flexibility index (Phi) is 4.72. The first-order valence-corrected chi connectivity index (χ1v) is 11.1. The molecule has 1 unspecified atom stereocenters. The molecule has 2 aromatic heterocycles. The zero-order chi connectivity index (χ0) is 19.9. The lowest BCUT2D eigenvalue weighted by molar-refractivity contribution is -0.0308. The number of aryl methyl sites for hydroxylation is 1. The molecule has 1 saturated heterocycles. The zero-order valence-corrected chi connectivity index (χ0v) is 16.7. The van der Waals surface area contributed by atoms with E-state index >= 15 is 0 Å². The molecule has 1 aliphatic rings. The van der Waals surface area contributed by atoms with Gasteiger partial charge >= 0.3 is 0 Å². The summed E-state index contributed by atoms with van der Waals surface area (Å²) in [5.41, 5.74) is 8.39. The monoisotopic (exact) mass is 401 g/mol. The molecule has 8 nitrogen and oxygen atoms in total. The Morgan fingerprint density at radius 3 is 2.71 bits per heavy atom. The first-order chi connectivity index (χ1) is 13.3. The number of ether oxygens (including phenoxy) is 1. The van der Waals surface area contributed by atoms with E-state index in [0.717, 1.165) is 25.1 Å². The van der Waals surface area contributed by atoms with Crippen LogP contribution in [-0.4, -0.2) is 35.8 Å². The summed E-state index contributed by atoms with van der Waals surface area (Å²) in [5, 5.41) is 3.19. The third kappa shape index (κ3) is 3.43. The van der Waals surface area contributed by atoms with Crippen LogP contribution in [0.15, 0.2) is 35.2 Å². The Labute approximate surface area is 163 Å². The van der Waals surface area contributed by atoms with E-state index in [2.05, 4.69) is 15.3 Å².